The molecule has 0 aliphatic carbocycles. The summed E-state index contributed by atoms with van der Waals surface area (Å²) in [5.74, 6) is 1.72. The summed E-state index contributed by atoms with van der Waals surface area (Å²) in [5, 5.41) is 4.85. The zero-order valence-corrected chi connectivity index (χ0v) is 19.0. The van der Waals surface area contributed by atoms with E-state index in [2.05, 4.69) is 41.9 Å². The number of hydrogen-bond donors (Lipinski definition) is 0. The van der Waals surface area contributed by atoms with Crippen LogP contribution in [0.25, 0.3) is 10.9 Å². The van der Waals surface area contributed by atoms with Crippen LogP contribution in [0.1, 0.15) is 25.2 Å². The first-order valence-electron chi connectivity index (χ1n) is 8.57. The molecule has 2 aromatic carbocycles. The van der Waals surface area contributed by atoms with Crippen molar-refractivity contribution in [3.8, 4) is 11.5 Å². The highest BCUT2D eigenvalue weighted by Crippen LogP contribution is 2.33. The van der Waals surface area contributed by atoms with Crippen molar-refractivity contribution < 1.29 is 9.47 Å². The van der Waals surface area contributed by atoms with Gasteiger partial charge in [-0.1, -0.05) is 15.9 Å². The van der Waals surface area contributed by atoms with Crippen LogP contribution >= 0.6 is 31.9 Å². The van der Waals surface area contributed by atoms with E-state index in [0.29, 0.717) is 28.2 Å². The van der Waals surface area contributed by atoms with Crippen molar-refractivity contribution in [2.75, 3.05) is 7.11 Å². The lowest BCUT2D eigenvalue weighted by atomic mass is 10.2. The molecule has 0 radical (unpaired) electrons. The lowest BCUT2D eigenvalue weighted by molar-refractivity contribution is 0.230. The van der Waals surface area contributed by atoms with E-state index in [9.17, 15) is 4.79 Å². The fourth-order valence-corrected chi connectivity index (χ4v) is 3.46. The van der Waals surface area contributed by atoms with Gasteiger partial charge in [0.2, 0.25) is 0 Å². The molecule has 0 atom stereocenters. The minimum absolute atomic E-state index is 0.0181. The molecule has 0 fully saturated rings. The van der Waals surface area contributed by atoms with Gasteiger partial charge in [-0.15, -0.1) is 0 Å². The maximum Gasteiger partial charge on any atom is 0.282 e. The highest BCUT2D eigenvalue weighted by molar-refractivity contribution is 9.10. The van der Waals surface area contributed by atoms with E-state index in [0.717, 1.165) is 14.5 Å². The van der Waals surface area contributed by atoms with Crippen LogP contribution in [0.15, 0.2) is 49.2 Å². The molecule has 0 unspecified atom stereocenters. The molecule has 1 aromatic heterocycles. The third-order valence-corrected chi connectivity index (χ3v) is 5.11. The molecule has 0 bridgehead atoms. The Balaban J connectivity index is 2.06. The quantitative estimate of drug-likeness (QED) is 0.459. The number of benzene rings is 2. The number of fused-ring (bicyclic) bond motifs is 1. The Kier molecular flexibility index (Phi) is 6.20. The molecule has 28 heavy (non-hydrogen) atoms. The number of halogens is 2. The number of nitrogens with zero attached hydrogens (tertiary/aromatic N) is 3. The molecule has 0 aliphatic rings. The van der Waals surface area contributed by atoms with Crippen molar-refractivity contribution >= 4 is 49.0 Å². The van der Waals surface area contributed by atoms with E-state index in [-0.39, 0.29) is 11.7 Å². The second-order valence-corrected chi connectivity index (χ2v) is 8.14. The van der Waals surface area contributed by atoms with Crippen LogP contribution in [0.3, 0.4) is 0 Å². The van der Waals surface area contributed by atoms with E-state index < -0.39 is 0 Å². The van der Waals surface area contributed by atoms with Crippen molar-refractivity contribution in [2.24, 2.45) is 5.10 Å². The molecule has 3 aromatic rings. The average Bonchev–Trinajstić information content (AvgIpc) is 2.63. The first-order valence-corrected chi connectivity index (χ1v) is 10.2. The maximum absolute atomic E-state index is 12.8. The largest absolute Gasteiger partial charge is 0.493 e. The van der Waals surface area contributed by atoms with Gasteiger partial charge in [-0.3, -0.25) is 4.79 Å². The Bertz CT molecular complexity index is 1120. The maximum atomic E-state index is 12.8. The predicted molar refractivity (Wildman–Crippen MR) is 118 cm³/mol. The third-order valence-electron chi connectivity index (χ3n) is 3.93. The average molecular weight is 509 g/mol. The van der Waals surface area contributed by atoms with Crippen molar-refractivity contribution in [3.63, 3.8) is 0 Å². The summed E-state index contributed by atoms with van der Waals surface area (Å²) in [6.45, 7) is 5.64. The van der Waals surface area contributed by atoms with Gasteiger partial charge in [0.25, 0.3) is 5.56 Å². The van der Waals surface area contributed by atoms with Crippen LogP contribution < -0.4 is 15.0 Å². The molecule has 0 saturated carbocycles. The Hall–Kier alpha value is -2.19. The van der Waals surface area contributed by atoms with Crippen molar-refractivity contribution in [1.82, 2.24) is 9.66 Å². The summed E-state index contributed by atoms with van der Waals surface area (Å²) in [6.07, 6.45) is 1.61. The van der Waals surface area contributed by atoms with E-state index >= 15 is 0 Å². The lowest BCUT2D eigenvalue weighted by Crippen LogP contribution is -2.20. The molecule has 0 amide bonds. The van der Waals surface area contributed by atoms with Gasteiger partial charge in [-0.25, -0.2) is 4.98 Å². The fourth-order valence-electron chi connectivity index (χ4n) is 2.67. The highest BCUT2D eigenvalue weighted by Gasteiger charge is 2.12. The van der Waals surface area contributed by atoms with Gasteiger partial charge in [-0.2, -0.15) is 9.78 Å². The Morgan fingerprint density at radius 2 is 1.93 bits per heavy atom. The Morgan fingerprint density at radius 1 is 1.18 bits per heavy atom. The number of aromatic nitrogens is 2. The van der Waals surface area contributed by atoms with E-state index in [1.165, 1.54) is 4.68 Å². The van der Waals surface area contributed by atoms with Crippen molar-refractivity contribution in [2.45, 2.75) is 26.9 Å². The smallest absolute Gasteiger partial charge is 0.282 e. The minimum atomic E-state index is -0.233. The monoisotopic (exact) mass is 507 g/mol. The van der Waals surface area contributed by atoms with E-state index in [4.69, 9.17) is 9.47 Å². The van der Waals surface area contributed by atoms with Crippen LogP contribution in [-0.2, 0) is 0 Å². The summed E-state index contributed by atoms with van der Waals surface area (Å²) in [7, 11) is 1.58. The molecule has 0 saturated heterocycles. The van der Waals surface area contributed by atoms with Crippen LogP contribution in [-0.4, -0.2) is 29.1 Å². The second-order valence-electron chi connectivity index (χ2n) is 6.37. The molecule has 146 valence electrons. The number of ether oxygens (including phenoxy) is 2. The molecule has 1 heterocycles. The molecule has 8 heteroatoms. The summed E-state index contributed by atoms with van der Waals surface area (Å²) in [6, 6.07) is 9.03. The van der Waals surface area contributed by atoms with Crippen LogP contribution in [0.2, 0.25) is 0 Å². The highest BCUT2D eigenvalue weighted by atomic mass is 79.9. The molecule has 0 spiro atoms. The van der Waals surface area contributed by atoms with Crippen LogP contribution in [0.5, 0.6) is 11.5 Å². The Labute approximate surface area is 179 Å². The van der Waals surface area contributed by atoms with Crippen molar-refractivity contribution in [1.29, 1.82) is 0 Å². The second kappa shape index (κ2) is 8.45. The number of aryl methyl sites for hydroxylation is 1. The number of methoxy groups -OCH3 is 1. The number of rotatable bonds is 5. The molecule has 3 rings (SSSR count). The molecular weight excluding hydrogens is 490 g/mol. The third kappa shape index (κ3) is 4.28. The first-order chi connectivity index (χ1) is 13.3. The molecule has 6 nitrogen and oxygen atoms in total. The standard InChI is InChI=1S/C20H19Br2N3O3/c1-11(2)28-19-9-16(22)13(7-18(19)27-4)10-23-25-12(3)24-17-6-5-14(21)8-15(17)20(25)26/h5-11H,1-4H3. The van der Waals surface area contributed by atoms with Gasteiger partial charge < -0.3 is 9.47 Å². The van der Waals surface area contributed by atoms with Gasteiger partial charge in [-0.05, 0) is 67.0 Å². The van der Waals surface area contributed by atoms with E-state index in [1.54, 1.807) is 38.4 Å². The molecule has 0 aliphatic heterocycles. The normalized spacial score (nSPS) is 11.5. The van der Waals surface area contributed by atoms with Gasteiger partial charge in [0.05, 0.1) is 30.3 Å². The van der Waals surface area contributed by atoms with Crippen LogP contribution in [0, 0.1) is 6.92 Å². The zero-order valence-electron chi connectivity index (χ0n) is 15.9. The lowest BCUT2D eigenvalue weighted by Gasteiger charge is -2.15. The van der Waals surface area contributed by atoms with Gasteiger partial charge >= 0.3 is 0 Å². The van der Waals surface area contributed by atoms with Gasteiger partial charge in [0.15, 0.2) is 11.5 Å². The summed E-state index contributed by atoms with van der Waals surface area (Å²) < 4.78 is 14.1. The number of hydrogen-bond acceptors (Lipinski definition) is 5. The molecule has 0 N–H and O–H groups in total. The van der Waals surface area contributed by atoms with E-state index in [1.807, 2.05) is 26.0 Å². The predicted octanol–water partition coefficient (Wildman–Crippen LogP) is 4.91. The van der Waals surface area contributed by atoms with Crippen LogP contribution in [0.4, 0.5) is 0 Å². The minimum Gasteiger partial charge on any atom is -0.493 e. The topological polar surface area (TPSA) is 65.7 Å². The first kappa shape index (κ1) is 20.5. The molecular formula is C20H19Br2N3O3. The van der Waals surface area contributed by atoms with Crippen molar-refractivity contribution in [3.05, 3.63) is 61.0 Å². The summed E-state index contributed by atoms with van der Waals surface area (Å²) in [4.78, 5) is 17.3. The zero-order chi connectivity index (χ0) is 20.4. The summed E-state index contributed by atoms with van der Waals surface area (Å²) in [5.41, 5.74) is 1.15. The van der Waals surface area contributed by atoms with Gasteiger partial charge in [0, 0.05) is 14.5 Å². The SMILES string of the molecule is COc1cc(C=Nn2c(C)nc3ccc(Br)cc3c2=O)c(Br)cc1OC(C)C. The van der Waals surface area contributed by atoms with Gasteiger partial charge in [0.1, 0.15) is 5.82 Å². The Morgan fingerprint density at radius 3 is 2.61 bits per heavy atom. The summed E-state index contributed by atoms with van der Waals surface area (Å²) >= 11 is 6.91. The fraction of sp³-hybridized carbons (Fsp3) is 0.250.